The molecule has 0 fully saturated rings. The zero-order valence-corrected chi connectivity index (χ0v) is 8.56. The van der Waals surface area contributed by atoms with Crippen molar-refractivity contribution < 1.29 is 9.53 Å². The Hall–Kier alpha value is -1.09. The maximum atomic E-state index is 11.4. The minimum atomic E-state index is 0.0148. The third-order valence-corrected chi connectivity index (χ3v) is 2.60. The summed E-state index contributed by atoms with van der Waals surface area (Å²) in [6.07, 6.45) is 2.91. The Morgan fingerprint density at radius 1 is 1.69 bits per heavy atom. The number of carbonyl (C=O) groups excluding carboxylic acids is 1. The first-order valence-electron chi connectivity index (χ1n) is 4.12. The largest absolute Gasteiger partial charge is 0.501 e. The van der Waals surface area contributed by atoms with Crippen molar-refractivity contribution in [2.45, 2.75) is 13.8 Å². The van der Waals surface area contributed by atoms with E-state index in [-0.39, 0.29) is 5.78 Å². The van der Waals surface area contributed by atoms with Gasteiger partial charge in [0.15, 0.2) is 5.78 Å². The molecule has 0 atom stereocenters. The molecule has 0 aliphatic heterocycles. The molecule has 1 aromatic heterocycles. The molecule has 0 amide bonds. The zero-order chi connectivity index (χ0) is 9.68. The Balaban J connectivity index is 2.64. The topological polar surface area (TPSA) is 26.3 Å². The average molecular weight is 196 g/mol. The first-order valence-corrected chi connectivity index (χ1v) is 5.00. The Labute approximate surface area is 81.8 Å². The molecule has 0 N–H and O–H groups in total. The van der Waals surface area contributed by atoms with Crippen LogP contribution in [0.3, 0.4) is 0 Å². The van der Waals surface area contributed by atoms with Crippen molar-refractivity contribution in [3.8, 4) is 0 Å². The number of aryl methyl sites for hydroxylation is 1. The highest BCUT2D eigenvalue weighted by molar-refractivity contribution is 7.12. The van der Waals surface area contributed by atoms with Crippen LogP contribution in [-0.4, -0.2) is 12.4 Å². The van der Waals surface area contributed by atoms with Gasteiger partial charge < -0.3 is 4.74 Å². The number of carbonyl (C=O) groups is 1. The fourth-order valence-electron chi connectivity index (χ4n) is 0.907. The van der Waals surface area contributed by atoms with E-state index >= 15 is 0 Å². The van der Waals surface area contributed by atoms with E-state index in [1.807, 2.05) is 25.3 Å². The van der Waals surface area contributed by atoms with Crippen LogP contribution in [0.5, 0.6) is 0 Å². The molecule has 0 aliphatic rings. The first kappa shape index (κ1) is 9.99. The number of ether oxygens (including phenoxy) is 1. The molecule has 0 aliphatic carbocycles. The normalized spacial score (nSPS) is 10.6. The van der Waals surface area contributed by atoms with Crippen LogP contribution in [0.25, 0.3) is 0 Å². The number of rotatable bonds is 4. The molecule has 0 aromatic carbocycles. The molecule has 0 unspecified atom stereocenters. The van der Waals surface area contributed by atoms with E-state index in [4.69, 9.17) is 4.74 Å². The lowest BCUT2D eigenvalue weighted by atomic mass is 10.2. The lowest BCUT2D eigenvalue weighted by Crippen LogP contribution is -1.92. The smallest absolute Gasteiger partial charge is 0.199 e. The van der Waals surface area contributed by atoms with Crippen molar-refractivity contribution in [1.82, 2.24) is 0 Å². The molecule has 0 saturated carbocycles. The summed E-state index contributed by atoms with van der Waals surface area (Å²) < 4.78 is 4.95. The second kappa shape index (κ2) is 4.82. The monoisotopic (exact) mass is 196 g/mol. The number of allylic oxidation sites excluding steroid dienone is 1. The third kappa shape index (κ3) is 2.70. The Morgan fingerprint density at radius 2 is 2.46 bits per heavy atom. The lowest BCUT2D eigenvalue weighted by Gasteiger charge is -1.93. The van der Waals surface area contributed by atoms with Gasteiger partial charge in [-0.05, 0) is 30.9 Å². The van der Waals surface area contributed by atoms with E-state index in [1.165, 1.54) is 23.7 Å². The summed E-state index contributed by atoms with van der Waals surface area (Å²) in [4.78, 5) is 12.2. The van der Waals surface area contributed by atoms with Crippen LogP contribution in [0, 0.1) is 6.92 Å². The number of thiophene rings is 1. The SMILES string of the molecule is CCO/C=C/C(=O)c1sccc1C. The van der Waals surface area contributed by atoms with Gasteiger partial charge in [0.2, 0.25) is 0 Å². The Bertz CT molecular complexity index is 312. The zero-order valence-electron chi connectivity index (χ0n) is 7.74. The third-order valence-electron chi connectivity index (χ3n) is 1.57. The summed E-state index contributed by atoms with van der Waals surface area (Å²) >= 11 is 1.46. The van der Waals surface area contributed by atoms with E-state index in [2.05, 4.69) is 0 Å². The van der Waals surface area contributed by atoms with Crippen molar-refractivity contribution in [1.29, 1.82) is 0 Å². The molecular formula is C10H12O2S. The van der Waals surface area contributed by atoms with E-state index in [1.54, 1.807) is 0 Å². The standard InChI is InChI=1S/C10H12O2S/c1-3-12-6-4-9(11)10-8(2)5-7-13-10/h4-7H,3H2,1-2H3/b6-4+. The highest BCUT2D eigenvalue weighted by Crippen LogP contribution is 2.16. The van der Waals surface area contributed by atoms with E-state index in [0.29, 0.717) is 6.61 Å². The van der Waals surface area contributed by atoms with Gasteiger partial charge in [0, 0.05) is 6.08 Å². The molecule has 2 nitrogen and oxygen atoms in total. The van der Waals surface area contributed by atoms with Gasteiger partial charge in [-0.3, -0.25) is 4.79 Å². The first-order chi connectivity index (χ1) is 6.25. The molecule has 1 aromatic rings. The average Bonchev–Trinajstić information content (AvgIpc) is 2.52. The molecule has 0 saturated heterocycles. The van der Waals surface area contributed by atoms with Gasteiger partial charge in [0.05, 0.1) is 17.7 Å². The summed E-state index contributed by atoms with van der Waals surface area (Å²) in [5.41, 5.74) is 1.02. The number of hydrogen-bond donors (Lipinski definition) is 0. The van der Waals surface area contributed by atoms with Gasteiger partial charge in [0.1, 0.15) is 0 Å². The van der Waals surface area contributed by atoms with Crippen LogP contribution < -0.4 is 0 Å². The molecule has 1 rings (SSSR count). The maximum absolute atomic E-state index is 11.4. The fraction of sp³-hybridized carbons (Fsp3) is 0.300. The molecule has 70 valence electrons. The highest BCUT2D eigenvalue weighted by atomic mass is 32.1. The predicted molar refractivity (Wildman–Crippen MR) is 54.2 cm³/mol. The summed E-state index contributed by atoms with van der Waals surface area (Å²) in [5, 5.41) is 1.91. The molecule has 0 bridgehead atoms. The predicted octanol–water partition coefficient (Wildman–Crippen LogP) is 2.79. The molecule has 1 heterocycles. The minimum absolute atomic E-state index is 0.0148. The van der Waals surface area contributed by atoms with Gasteiger partial charge in [-0.2, -0.15) is 0 Å². The van der Waals surface area contributed by atoms with Crippen LogP contribution in [0.4, 0.5) is 0 Å². The fourth-order valence-corrected chi connectivity index (χ4v) is 1.75. The highest BCUT2D eigenvalue weighted by Gasteiger charge is 2.06. The van der Waals surface area contributed by atoms with Crippen LogP contribution in [0.2, 0.25) is 0 Å². The van der Waals surface area contributed by atoms with Crippen LogP contribution >= 0.6 is 11.3 Å². The van der Waals surface area contributed by atoms with Gasteiger partial charge in [-0.25, -0.2) is 0 Å². The summed E-state index contributed by atoms with van der Waals surface area (Å²) in [6.45, 7) is 4.40. The molecule has 13 heavy (non-hydrogen) atoms. The molecule has 0 radical (unpaired) electrons. The summed E-state index contributed by atoms with van der Waals surface area (Å²) in [7, 11) is 0. The van der Waals surface area contributed by atoms with Crippen LogP contribution in [-0.2, 0) is 4.74 Å². The lowest BCUT2D eigenvalue weighted by molar-refractivity contribution is 0.104. The minimum Gasteiger partial charge on any atom is -0.501 e. The van der Waals surface area contributed by atoms with Crippen molar-refractivity contribution in [3.05, 3.63) is 34.2 Å². The van der Waals surface area contributed by atoms with Crippen molar-refractivity contribution in [2.75, 3.05) is 6.61 Å². The summed E-state index contributed by atoms with van der Waals surface area (Å²) in [6, 6.07) is 1.94. The summed E-state index contributed by atoms with van der Waals surface area (Å²) in [5.74, 6) is 0.0148. The molecule has 0 spiro atoms. The Morgan fingerprint density at radius 3 is 3.00 bits per heavy atom. The van der Waals surface area contributed by atoms with Crippen LogP contribution in [0.1, 0.15) is 22.2 Å². The maximum Gasteiger partial charge on any atom is 0.199 e. The number of ketones is 1. The van der Waals surface area contributed by atoms with E-state index < -0.39 is 0 Å². The van der Waals surface area contributed by atoms with E-state index in [0.717, 1.165) is 10.4 Å². The quantitative estimate of drug-likeness (QED) is 0.420. The second-order valence-corrected chi connectivity index (χ2v) is 3.47. The van der Waals surface area contributed by atoms with Crippen molar-refractivity contribution >= 4 is 17.1 Å². The number of hydrogen-bond acceptors (Lipinski definition) is 3. The molecular weight excluding hydrogens is 184 g/mol. The van der Waals surface area contributed by atoms with Gasteiger partial charge in [0.25, 0.3) is 0 Å². The van der Waals surface area contributed by atoms with Gasteiger partial charge in [-0.1, -0.05) is 0 Å². The second-order valence-electron chi connectivity index (χ2n) is 2.56. The van der Waals surface area contributed by atoms with Crippen LogP contribution in [0.15, 0.2) is 23.8 Å². The molecule has 3 heteroatoms. The van der Waals surface area contributed by atoms with E-state index in [9.17, 15) is 4.79 Å². The Kier molecular flexibility index (Phi) is 3.71. The van der Waals surface area contributed by atoms with Crippen molar-refractivity contribution in [3.63, 3.8) is 0 Å². The van der Waals surface area contributed by atoms with Gasteiger partial charge >= 0.3 is 0 Å². The van der Waals surface area contributed by atoms with Crippen molar-refractivity contribution in [2.24, 2.45) is 0 Å². The van der Waals surface area contributed by atoms with Gasteiger partial charge in [-0.15, -0.1) is 11.3 Å².